The minimum Gasteiger partial charge on any atom is -0.489 e. The summed E-state index contributed by atoms with van der Waals surface area (Å²) in [6, 6.07) is 32.6. The molecular formula is C52H58N8O7. The van der Waals surface area contributed by atoms with Gasteiger partial charge in [-0.1, -0.05) is 75.5 Å². The van der Waals surface area contributed by atoms with Crippen LogP contribution in [0.1, 0.15) is 93.3 Å². The lowest BCUT2D eigenvalue weighted by Gasteiger charge is -2.57. The summed E-state index contributed by atoms with van der Waals surface area (Å²) in [7, 11) is 0. The molecule has 4 aliphatic carbocycles. The number of nitrogens with zero attached hydrogens (tertiary/aromatic N) is 5. The standard InChI is InChI=1S/C25H26N4O4.C25H24N4O3.2CH4/c26-23(30)21-7-6-19(29-9-8-27-16-29)10-22(21)33-20-13-25(14-20)11-18(12-25)28-24(31)32-15-17-4-2-1-3-5-17;26-15-19-6-7-21(29-9-8-27-17-29)10-23(19)32-22-13-25(14-22)11-20(12-25)28-24(30)31-16-18-4-2-1-3-5-18;;/h1-10,16,18,20H,11-15H2,(H2,26,30)(H,28,31);1-10,17,20,22H,11-14,16H2,(H,28,30);2*1H4. The molecule has 0 radical (unpaired) electrons. The third-order valence-electron chi connectivity index (χ3n) is 12.9. The Labute approximate surface area is 391 Å². The predicted octanol–water partition coefficient (Wildman–Crippen LogP) is 9.22. The minimum atomic E-state index is -0.516. The van der Waals surface area contributed by atoms with E-state index in [0.29, 0.717) is 22.6 Å². The van der Waals surface area contributed by atoms with Crippen molar-refractivity contribution >= 4 is 18.1 Å². The number of imidazole rings is 2. The summed E-state index contributed by atoms with van der Waals surface area (Å²) in [5, 5.41) is 15.3. The van der Waals surface area contributed by atoms with Crippen LogP contribution in [0.4, 0.5) is 9.59 Å². The van der Waals surface area contributed by atoms with Crippen LogP contribution in [-0.2, 0) is 22.7 Å². The fourth-order valence-electron chi connectivity index (χ4n) is 9.70. The number of nitriles is 1. The summed E-state index contributed by atoms with van der Waals surface area (Å²) >= 11 is 0. The minimum absolute atomic E-state index is 0. The zero-order valence-corrected chi connectivity index (χ0v) is 35.8. The molecule has 4 saturated carbocycles. The molecule has 348 valence electrons. The highest BCUT2D eigenvalue weighted by molar-refractivity contribution is 5.96. The van der Waals surface area contributed by atoms with E-state index in [-0.39, 0.29) is 75.4 Å². The van der Waals surface area contributed by atoms with Crippen LogP contribution in [0, 0.1) is 22.2 Å². The molecule has 15 heteroatoms. The van der Waals surface area contributed by atoms with Crippen molar-refractivity contribution in [1.82, 2.24) is 29.7 Å². The van der Waals surface area contributed by atoms with Crippen LogP contribution in [0.2, 0.25) is 0 Å². The number of nitrogens with one attached hydrogen (secondary N) is 2. The molecule has 10 rings (SSSR count). The third kappa shape index (κ3) is 11.3. The molecule has 2 spiro atoms. The number of primary amides is 1. The largest absolute Gasteiger partial charge is 0.489 e. The van der Waals surface area contributed by atoms with Gasteiger partial charge in [-0.15, -0.1) is 0 Å². The molecule has 0 unspecified atom stereocenters. The maximum absolute atomic E-state index is 12.1. The highest BCUT2D eigenvalue weighted by atomic mass is 16.6. The van der Waals surface area contributed by atoms with Crippen LogP contribution in [0.5, 0.6) is 11.5 Å². The van der Waals surface area contributed by atoms with E-state index < -0.39 is 5.91 Å². The smallest absolute Gasteiger partial charge is 0.407 e. The van der Waals surface area contributed by atoms with Gasteiger partial charge in [0.15, 0.2) is 0 Å². The van der Waals surface area contributed by atoms with E-state index in [4.69, 9.17) is 24.7 Å². The Balaban J connectivity index is 0.000000193. The Morgan fingerprint density at radius 1 is 0.642 bits per heavy atom. The number of ether oxygens (including phenoxy) is 4. The molecule has 0 bridgehead atoms. The fourth-order valence-corrected chi connectivity index (χ4v) is 9.70. The summed E-state index contributed by atoms with van der Waals surface area (Å²) in [5.74, 6) is 0.585. The number of alkyl carbamates (subject to hydrolysis) is 2. The van der Waals surface area contributed by atoms with Crippen molar-refractivity contribution in [1.29, 1.82) is 5.26 Å². The molecule has 0 aliphatic heterocycles. The summed E-state index contributed by atoms with van der Waals surface area (Å²) in [5.41, 5.74) is 10.6. The lowest BCUT2D eigenvalue weighted by Crippen LogP contribution is -2.58. The average molecular weight is 907 g/mol. The van der Waals surface area contributed by atoms with E-state index >= 15 is 0 Å². The van der Waals surface area contributed by atoms with Gasteiger partial charge in [0, 0.05) is 49.0 Å². The van der Waals surface area contributed by atoms with E-state index in [2.05, 4.69) is 26.7 Å². The first kappa shape index (κ1) is 47.4. The van der Waals surface area contributed by atoms with E-state index in [1.807, 2.05) is 106 Å². The second-order valence-corrected chi connectivity index (χ2v) is 17.7. The van der Waals surface area contributed by atoms with Gasteiger partial charge in [0.25, 0.3) is 5.91 Å². The number of amides is 3. The second kappa shape index (κ2) is 20.7. The maximum atomic E-state index is 12.1. The van der Waals surface area contributed by atoms with Crippen molar-refractivity contribution in [2.75, 3.05) is 0 Å². The van der Waals surface area contributed by atoms with Gasteiger partial charge in [-0.05, 0) is 97.6 Å². The van der Waals surface area contributed by atoms with Crippen molar-refractivity contribution in [3.8, 4) is 28.9 Å². The molecule has 67 heavy (non-hydrogen) atoms. The first-order chi connectivity index (χ1) is 31.6. The topological polar surface area (TPSA) is 198 Å². The van der Waals surface area contributed by atoms with E-state index in [9.17, 15) is 19.6 Å². The number of carbonyl (C=O) groups excluding carboxylic acids is 3. The van der Waals surface area contributed by atoms with E-state index in [1.54, 1.807) is 37.2 Å². The molecule has 4 fully saturated rings. The summed E-state index contributed by atoms with van der Waals surface area (Å²) < 4.78 is 26.7. The van der Waals surface area contributed by atoms with Gasteiger partial charge < -0.3 is 44.4 Å². The van der Waals surface area contributed by atoms with Crippen molar-refractivity contribution in [2.45, 2.75) is 104 Å². The zero-order chi connectivity index (χ0) is 44.8. The molecule has 4 aromatic carbocycles. The summed E-state index contributed by atoms with van der Waals surface area (Å²) in [6.45, 7) is 0.542. The second-order valence-electron chi connectivity index (χ2n) is 17.7. The number of carbonyl (C=O) groups is 3. The quantitative estimate of drug-likeness (QED) is 0.100. The Kier molecular flexibility index (Phi) is 14.6. The molecule has 15 nitrogen and oxygen atoms in total. The van der Waals surface area contributed by atoms with Crippen molar-refractivity contribution < 1.29 is 33.3 Å². The van der Waals surface area contributed by atoms with Crippen LogP contribution in [0.3, 0.4) is 0 Å². The summed E-state index contributed by atoms with van der Waals surface area (Å²) in [6.07, 6.45) is 17.2. The Morgan fingerprint density at radius 3 is 1.52 bits per heavy atom. The van der Waals surface area contributed by atoms with Gasteiger partial charge in [0.2, 0.25) is 0 Å². The van der Waals surface area contributed by atoms with E-state index in [0.717, 1.165) is 73.9 Å². The number of aromatic nitrogens is 4. The number of hydrogen-bond acceptors (Lipinski definition) is 10. The van der Waals surface area contributed by atoms with Gasteiger partial charge in [0.05, 0.1) is 47.4 Å². The zero-order valence-electron chi connectivity index (χ0n) is 35.8. The van der Waals surface area contributed by atoms with Crippen molar-refractivity contribution in [3.63, 3.8) is 0 Å². The number of benzene rings is 4. The molecular weight excluding hydrogens is 849 g/mol. The molecule has 6 aromatic rings. The van der Waals surface area contributed by atoms with Crippen molar-refractivity contribution in [2.24, 2.45) is 16.6 Å². The van der Waals surface area contributed by atoms with Gasteiger partial charge in [-0.3, -0.25) is 4.79 Å². The highest BCUT2D eigenvalue weighted by Gasteiger charge is 2.55. The third-order valence-corrected chi connectivity index (χ3v) is 12.9. The molecule has 3 amide bonds. The average Bonchev–Trinajstić information content (AvgIpc) is 4.02. The number of rotatable bonds is 13. The molecule has 4 N–H and O–H groups in total. The van der Waals surface area contributed by atoms with Gasteiger partial charge in [-0.2, -0.15) is 5.26 Å². The van der Waals surface area contributed by atoms with Crippen LogP contribution in [-0.4, -0.2) is 61.5 Å². The lowest BCUT2D eigenvalue weighted by molar-refractivity contribution is -0.0848. The van der Waals surface area contributed by atoms with E-state index in [1.165, 1.54) is 0 Å². The SMILES string of the molecule is C.C.N#Cc1ccc(-n2ccnc2)cc1OC1CC2(CC(NC(=O)OCc3ccccc3)C2)C1.NC(=O)c1ccc(-n2ccnc2)cc1OC1CC2(CC(NC(=O)OCc3ccccc3)C2)C1. The first-order valence-electron chi connectivity index (χ1n) is 21.8. The predicted molar refractivity (Wildman–Crippen MR) is 252 cm³/mol. The van der Waals surface area contributed by atoms with Crippen LogP contribution >= 0.6 is 0 Å². The molecule has 0 atom stereocenters. The van der Waals surface area contributed by atoms with Gasteiger partial charge in [-0.25, -0.2) is 19.6 Å². The van der Waals surface area contributed by atoms with Gasteiger partial charge >= 0.3 is 12.2 Å². The number of hydrogen-bond donors (Lipinski definition) is 3. The lowest BCUT2D eigenvalue weighted by atomic mass is 9.53. The fraction of sp³-hybridized carbons (Fsp3) is 0.346. The summed E-state index contributed by atoms with van der Waals surface area (Å²) in [4.78, 5) is 44.1. The normalized spacial score (nSPS) is 22.7. The Morgan fingerprint density at radius 2 is 1.09 bits per heavy atom. The van der Waals surface area contributed by atoms with Crippen LogP contribution < -0.4 is 25.8 Å². The molecule has 2 heterocycles. The number of nitrogens with two attached hydrogens (primary N) is 1. The van der Waals surface area contributed by atoms with Gasteiger partial charge in [0.1, 0.15) is 30.8 Å². The Hall–Kier alpha value is -7.60. The maximum Gasteiger partial charge on any atom is 0.407 e. The van der Waals surface area contributed by atoms with Crippen molar-refractivity contribution in [3.05, 3.63) is 157 Å². The monoisotopic (exact) mass is 906 g/mol. The molecule has 0 saturated heterocycles. The molecule has 4 aliphatic rings. The Bertz CT molecular complexity index is 2620. The van der Waals surface area contributed by atoms with Crippen LogP contribution in [0.15, 0.2) is 135 Å². The van der Waals surface area contributed by atoms with Crippen LogP contribution in [0.25, 0.3) is 11.4 Å². The molecule has 2 aromatic heterocycles. The highest BCUT2D eigenvalue weighted by Crippen LogP contribution is 2.58. The first-order valence-corrected chi connectivity index (χ1v) is 21.8.